The molecule has 0 aliphatic rings. The fourth-order valence-electron chi connectivity index (χ4n) is 2.64. The lowest BCUT2D eigenvalue weighted by Crippen LogP contribution is -2.04. The molecule has 29 heavy (non-hydrogen) atoms. The van der Waals surface area contributed by atoms with Crippen LogP contribution in [0.15, 0.2) is 58.2 Å². The first-order chi connectivity index (χ1) is 13.6. The van der Waals surface area contributed by atoms with Crippen molar-refractivity contribution in [2.24, 2.45) is 0 Å². The Bertz CT molecular complexity index is 1300. The van der Waals surface area contributed by atoms with Gasteiger partial charge in [0.05, 0.1) is 21.2 Å². The van der Waals surface area contributed by atoms with Crippen LogP contribution in [0.5, 0.6) is 0 Å². The van der Waals surface area contributed by atoms with Crippen molar-refractivity contribution in [1.29, 1.82) is 4.78 Å². The van der Waals surface area contributed by atoms with Gasteiger partial charge in [0.15, 0.2) is 0 Å². The van der Waals surface area contributed by atoms with Crippen molar-refractivity contribution in [2.45, 2.75) is 16.8 Å². The summed E-state index contributed by atoms with van der Waals surface area (Å²) in [6.45, 7) is 0. The Morgan fingerprint density at radius 1 is 1.17 bits per heavy atom. The number of hydrogen-bond donors (Lipinski definition) is 1. The molecule has 12 heteroatoms. The van der Waals surface area contributed by atoms with Crippen molar-refractivity contribution < 1.29 is 21.9 Å². The molecule has 0 aliphatic carbocycles. The van der Waals surface area contributed by atoms with Gasteiger partial charge in [-0.05, 0) is 36.4 Å². The monoisotopic (exact) mass is 441 g/mol. The van der Waals surface area contributed by atoms with Crippen LogP contribution >= 0.6 is 11.6 Å². The van der Waals surface area contributed by atoms with Gasteiger partial charge in [-0.2, -0.15) is 18.2 Å². The number of imidazole rings is 1. The van der Waals surface area contributed by atoms with Crippen LogP contribution in [0.2, 0.25) is 5.02 Å². The number of halogens is 4. The number of nitrogens with zero attached hydrogens (tertiary/aromatic N) is 4. The molecule has 0 fully saturated rings. The predicted octanol–water partition coefficient (Wildman–Crippen LogP) is 4.66. The summed E-state index contributed by atoms with van der Waals surface area (Å²) in [6, 6.07) is 9.14. The van der Waals surface area contributed by atoms with E-state index >= 15 is 0 Å². The second kappa shape index (κ2) is 6.85. The van der Waals surface area contributed by atoms with Gasteiger partial charge in [0, 0.05) is 27.9 Å². The van der Waals surface area contributed by atoms with E-state index < -0.39 is 21.8 Å². The molecule has 1 aromatic carbocycles. The van der Waals surface area contributed by atoms with Crippen LogP contribution in [0.4, 0.5) is 13.2 Å². The number of benzene rings is 1. The molecule has 0 saturated heterocycles. The molecule has 150 valence electrons. The van der Waals surface area contributed by atoms with Gasteiger partial charge in [-0.1, -0.05) is 16.8 Å². The van der Waals surface area contributed by atoms with Crippen molar-refractivity contribution >= 4 is 27.0 Å². The third-order valence-corrected chi connectivity index (χ3v) is 5.97. The van der Waals surface area contributed by atoms with Gasteiger partial charge in [-0.15, -0.1) is 0 Å². The Balaban J connectivity index is 1.63. The maximum absolute atomic E-state index is 12.8. The fourth-order valence-corrected chi connectivity index (χ4v) is 4.07. The van der Waals surface area contributed by atoms with Crippen LogP contribution in [0.1, 0.15) is 11.6 Å². The fraction of sp³-hybridized carbons (Fsp3) is 0.118. The molecular weight excluding hydrogens is 431 g/mol. The maximum atomic E-state index is 12.8. The van der Waals surface area contributed by atoms with Crippen molar-refractivity contribution in [3.63, 3.8) is 0 Å². The molecule has 0 radical (unpaired) electrons. The molecule has 1 N–H and O–H groups in total. The van der Waals surface area contributed by atoms with Gasteiger partial charge in [0.1, 0.15) is 5.65 Å². The average Bonchev–Trinajstić information content (AvgIpc) is 3.27. The largest absolute Gasteiger partial charge is 0.471 e. The van der Waals surface area contributed by atoms with Crippen molar-refractivity contribution in [3.8, 4) is 11.4 Å². The van der Waals surface area contributed by atoms with E-state index in [0.29, 0.717) is 21.3 Å². The second-order valence-electron chi connectivity index (χ2n) is 6.11. The number of fused-ring (bicyclic) bond motifs is 1. The van der Waals surface area contributed by atoms with Crippen LogP contribution in [0, 0.1) is 4.78 Å². The third-order valence-electron chi connectivity index (χ3n) is 3.98. The van der Waals surface area contributed by atoms with Crippen molar-refractivity contribution in [2.75, 3.05) is 0 Å². The lowest BCUT2D eigenvalue weighted by molar-refractivity contribution is -0.159. The summed E-state index contributed by atoms with van der Waals surface area (Å²) in [7, 11) is -3.15. The summed E-state index contributed by atoms with van der Waals surface area (Å²) in [6.07, 6.45) is -1.58. The zero-order valence-corrected chi connectivity index (χ0v) is 15.9. The normalized spacial score (nSPS) is 14.2. The van der Waals surface area contributed by atoms with Crippen LogP contribution in [-0.4, -0.2) is 23.7 Å². The summed E-state index contributed by atoms with van der Waals surface area (Å²) in [5.41, 5.74) is 1.04. The Hall–Kier alpha value is -2.92. The molecule has 0 spiro atoms. The number of alkyl halides is 3. The van der Waals surface area contributed by atoms with Gasteiger partial charge in [0.25, 0.3) is 0 Å². The van der Waals surface area contributed by atoms with Crippen molar-refractivity contribution in [3.05, 3.63) is 65.4 Å². The molecule has 3 heterocycles. The van der Waals surface area contributed by atoms with E-state index in [9.17, 15) is 17.4 Å². The molecule has 1 unspecified atom stereocenters. The molecule has 0 amide bonds. The van der Waals surface area contributed by atoms with Gasteiger partial charge >= 0.3 is 12.1 Å². The summed E-state index contributed by atoms with van der Waals surface area (Å²) < 4.78 is 64.7. The zero-order valence-electron chi connectivity index (χ0n) is 14.4. The quantitative estimate of drug-likeness (QED) is 0.496. The van der Waals surface area contributed by atoms with E-state index in [1.165, 1.54) is 24.3 Å². The van der Waals surface area contributed by atoms with E-state index in [4.69, 9.17) is 16.4 Å². The maximum Gasteiger partial charge on any atom is 0.471 e. The lowest BCUT2D eigenvalue weighted by atomic mass is 10.2. The average molecular weight is 442 g/mol. The van der Waals surface area contributed by atoms with E-state index in [2.05, 4.69) is 19.6 Å². The van der Waals surface area contributed by atoms with Gasteiger partial charge < -0.3 is 8.92 Å². The molecule has 3 aromatic heterocycles. The lowest BCUT2D eigenvalue weighted by Gasteiger charge is -2.05. The number of hydrogen-bond acceptors (Lipinski definition) is 6. The highest BCUT2D eigenvalue weighted by molar-refractivity contribution is 7.91. The van der Waals surface area contributed by atoms with Crippen LogP contribution in [-0.2, 0) is 21.7 Å². The topological polar surface area (TPSA) is 97.1 Å². The highest BCUT2D eigenvalue weighted by atomic mass is 35.5. The minimum Gasteiger partial charge on any atom is -0.329 e. The highest BCUT2D eigenvalue weighted by Crippen LogP contribution is 2.29. The molecule has 4 rings (SSSR count). The first kappa shape index (κ1) is 19.4. The Kier molecular flexibility index (Phi) is 4.58. The van der Waals surface area contributed by atoms with E-state index in [-0.39, 0.29) is 17.1 Å². The SMILES string of the molecule is N=S(=O)(Cc1cn2ccc(-c3noc(C(F)(F)F)n3)cc2n1)c1ccc(Cl)cc1. The van der Waals surface area contributed by atoms with E-state index in [0.717, 1.165) is 0 Å². The molecule has 0 aliphatic heterocycles. The van der Waals surface area contributed by atoms with Crippen molar-refractivity contribution in [1.82, 2.24) is 19.5 Å². The summed E-state index contributed by atoms with van der Waals surface area (Å²) >= 11 is 5.82. The molecule has 4 aromatic rings. The first-order valence-electron chi connectivity index (χ1n) is 8.03. The Morgan fingerprint density at radius 3 is 2.55 bits per heavy atom. The Morgan fingerprint density at radius 2 is 1.90 bits per heavy atom. The van der Waals surface area contributed by atoms with Crippen LogP contribution in [0.3, 0.4) is 0 Å². The number of nitrogens with one attached hydrogen (secondary N) is 1. The molecule has 7 nitrogen and oxygen atoms in total. The molecule has 0 saturated carbocycles. The summed E-state index contributed by atoms with van der Waals surface area (Å²) in [5, 5.41) is 3.81. The number of pyridine rings is 1. The van der Waals surface area contributed by atoms with E-state index in [1.54, 1.807) is 28.9 Å². The molecular formula is C17H11ClF3N5O2S. The smallest absolute Gasteiger partial charge is 0.329 e. The molecule has 0 bridgehead atoms. The van der Waals surface area contributed by atoms with E-state index in [1.807, 2.05) is 0 Å². The number of rotatable bonds is 4. The first-order valence-corrected chi connectivity index (χ1v) is 10.1. The van der Waals surface area contributed by atoms with Gasteiger partial charge in [-0.25, -0.2) is 14.0 Å². The van der Waals surface area contributed by atoms with Crippen LogP contribution in [0.25, 0.3) is 17.0 Å². The zero-order chi connectivity index (χ0) is 20.8. The summed E-state index contributed by atoms with van der Waals surface area (Å²) in [5.74, 6) is -1.80. The predicted molar refractivity (Wildman–Crippen MR) is 97.8 cm³/mol. The molecule has 1 atom stereocenters. The Labute approximate surface area is 167 Å². The highest BCUT2D eigenvalue weighted by Gasteiger charge is 2.38. The third kappa shape index (κ3) is 3.96. The van der Waals surface area contributed by atoms with Crippen LogP contribution < -0.4 is 0 Å². The minimum absolute atomic E-state index is 0.133. The second-order valence-corrected chi connectivity index (χ2v) is 8.65. The van der Waals surface area contributed by atoms with Gasteiger partial charge in [-0.3, -0.25) is 0 Å². The minimum atomic E-state index is -4.73. The van der Waals surface area contributed by atoms with Gasteiger partial charge in [0.2, 0.25) is 5.82 Å². The number of aromatic nitrogens is 4. The standard InChI is InChI=1S/C17H11ClF3N5O2S/c18-11-1-3-13(4-2-11)29(22,27)9-12-8-26-6-5-10(7-14(26)23-12)15-24-16(28-25-15)17(19,20)21/h1-8,22H,9H2. The summed E-state index contributed by atoms with van der Waals surface area (Å²) in [4.78, 5) is 7.98.